The van der Waals surface area contributed by atoms with Crippen LogP contribution in [0.4, 0.5) is 0 Å². The Hall–Kier alpha value is -1.85. The summed E-state index contributed by atoms with van der Waals surface area (Å²) in [6.45, 7) is 0.247. The minimum atomic E-state index is -0.989. The van der Waals surface area contributed by atoms with Gasteiger partial charge in [-0.05, 0) is 23.8 Å². The average Bonchev–Trinajstić information content (AvgIpc) is 2.37. The summed E-state index contributed by atoms with van der Waals surface area (Å²) < 4.78 is 14.8. The highest BCUT2D eigenvalue weighted by molar-refractivity contribution is 5.92. The molecule has 1 aromatic carbocycles. The van der Waals surface area contributed by atoms with Crippen molar-refractivity contribution in [2.45, 2.75) is 0 Å². The van der Waals surface area contributed by atoms with Crippen molar-refractivity contribution >= 4 is 12.0 Å². The molecule has 0 amide bonds. The molecule has 0 spiro atoms. The van der Waals surface area contributed by atoms with E-state index in [2.05, 4.69) is 0 Å². The largest absolute Gasteiger partial charge is 0.478 e. The maximum absolute atomic E-state index is 10.9. The zero-order valence-electron chi connectivity index (χ0n) is 10.4. The molecular weight excluding hydrogens is 236 g/mol. The lowest BCUT2D eigenvalue weighted by molar-refractivity contribution is -0.133. The quantitative estimate of drug-likeness (QED) is 0.592. The normalized spacial score (nSPS) is 11.3. The first kappa shape index (κ1) is 14.2. The highest BCUT2D eigenvalue weighted by atomic mass is 16.7. The van der Waals surface area contributed by atoms with Crippen LogP contribution in [0.3, 0.4) is 0 Å². The second kappa shape index (κ2) is 7.47. The van der Waals surface area contributed by atoms with Crippen LogP contribution in [-0.4, -0.2) is 38.7 Å². The summed E-state index contributed by atoms with van der Waals surface area (Å²) in [5.74, 6) is -0.325. The van der Waals surface area contributed by atoms with Gasteiger partial charge in [0, 0.05) is 14.2 Å². The van der Waals surface area contributed by atoms with Crippen LogP contribution in [0.25, 0.3) is 6.08 Å². The van der Waals surface area contributed by atoms with Gasteiger partial charge in [0.2, 0.25) is 0 Å². The second-order valence-corrected chi connectivity index (χ2v) is 3.53. The summed E-state index contributed by atoms with van der Waals surface area (Å²) >= 11 is 0. The van der Waals surface area contributed by atoms with E-state index in [0.29, 0.717) is 5.75 Å². The topological polar surface area (TPSA) is 65.0 Å². The van der Waals surface area contributed by atoms with Crippen LogP contribution in [-0.2, 0) is 14.3 Å². The maximum Gasteiger partial charge on any atom is 0.333 e. The van der Waals surface area contributed by atoms with Crippen molar-refractivity contribution in [2.75, 3.05) is 27.6 Å². The Morgan fingerprint density at radius 3 is 2.39 bits per heavy atom. The van der Waals surface area contributed by atoms with Crippen molar-refractivity contribution in [3.05, 3.63) is 35.4 Å². The first-order valence-electron chi connectivity index (χ1n) is 5.32. The molecule has 0 unspecified atom stereocenters. The molecule has 0 saturated carbocycles. The van der Waals surface area contributed by atoms with Gasteiger partial charge in [-0.1, -0.05) is 12.1 Å². The zero-order chi connectivity index (χ0) is 13.4. The van der Waals surface area contributed by atoms with Gasteiger partial charge in [-0.3, -0.25) is 0 Å². The molecule has 0 aromatic heterocycles. The van der Waals surface area contributed by atoms with Gasteiger partial charge >= 0.3 is 5.97 Å². The first-order valence-corrected chi connectivity index (χ1v) is 5.32. The van der Waals surface area contributed by atoms with E-state index in [1.54, 1.807) is 37.5 Å². The van der Waals surface area contributed by atoms with E-state index in [0.717, 1.165) is 5.56 Å². The molecule has 0 fully saturated rings. The fourth-order valence-corrected chi connectivity index (χ4v) is 1.31. The van der Waals surface area contributed by atoms with Gasteiger partial charge in [0.15, 0.2) is 6.79 Å². The van der Waals surface area contributed by atoms with Gasteiger partial charge in [0.05, 0.1) is 12.2 Å². The number of ether oxygens (including phenoxy) is 3. The number of hydrogen-bond donors (Lipinski definition) is 1. The highest BCUT2D eigenvalue weighted by Gasteiger charge is 2.06. The molecule has 1 N–H and O–H groups in total. The molecule has 0 aliphatic carbocycles. The number of aliphatic carboxylic acids is 1. The summed E-state index contributed by atoms with van der Waals surface area (Å²) in [5, 5.41) is 8.95. The Balaban J connectivity index is 2.77. The van der Waals surface area contributed by atoms with E-state index in [4.69, 9.17) is 19.3 Å². The van der Waals surface area contributed by atoms with Crippen LogP contribution in [0.2, 0.25) is 0 Å². The van der Waals surface area contributed by atoms with E-state index in [1.165, 1.54) is 7.11 Å². The third-order valence-corrected chi connectivity index (χ3v) is 2.14. The molecule has 18 heavy (non-hydrogen) atoms. The van der Waals surface area contributed by atoms with Crippen LogP contribution in [0.15, 0.2) is 29.8 Å². The predicted octanol–water partition coefficient (Wildman–Crippen LogP) is 1.78. The van der Waals surface area contributed by atoms with Crippen molar-refractivity contribution < 1.29 is 24.1 Å². The third kappa shape index (κ3) is 4.57. The van der Waals surface area contributed by atoms with Crippen LogP contribution in [0, 0.1) is 0 Å². The van der Waals surface area contributed by atoms with Crippen molar-refractivity contribution in [3.8, 4) is 5.75 Å². The van der Waals surface area contributed by atoms with Crippen molar-refractivity contribution in [2.24, 2.45) is 0 Å². The number of hydrogen-bond acceptors (Lipinski definition) is 4. The van der Waals surface area contributed by atoms with Gasteiger partial charge in [-0.25, -0.2) is 4.79 Å². The van der Waals surface area contributed by atoms with E-state index in [9.17, 15) is 4.79 Å². The van der Waals surface area contributed by atoms with E-state index >= 15 is 0 Å². The first-order chi connectivity index (χ1) is 8.67. The molecule has 0 saturated heterocycles. The van der Waals surface area contributed by atoms with Crippen LogP contribution >= 0.6 is 0 Å². The minimum Gasteiger partial charge on any atom is -0.478 e. The molecule has 0 bridgehead atoms. The molecule has 0 aliphatic heterocycles. The van der Waals surface area contributed by atoms with Crippen molar-refractivity contribution in [1.82, 2.24) is 0 Å². The Kier molecular flexibility index (Phi) is 5.90. The molecule has 5 nitrogen and oxygen atoms in total. The molecule has 0 aliphatic rings. The average molecular weight is 252 g/mol. The Bertz CT molecular complexity index is 408. The van der Waals surface area contributed by atoms with E-state index in [-0.39, 0.29) is 19.0 Å². The molecule has 0 atom stereocenters. The number of carboxylic acids is 1. The predicted molar refractivity (Wildman–Crippen MR) is 66.4 cm³/mol. The van der Waals surface area contributed by atoms with Gasteiger partial charge in [-0.2, -0.15) is 0 Å². The van der Waals surface area contributed by atoms with E-state index < -0.39 is 5.97 Å². The van der Waals surface area contributed by atoms with Crippen molar-refractivity contribution in [3.63, 3.8) is 0 Å². The number of methoxy groups -OCH3 is 2. The summed E-state index contributed by atoms with van der Waals surface area (Å²) in [4.78, 5) is 10.9. The smallest absolute Gasteiger partial charge is 0.333 e. The summed E-state index contributed by atoms with van der Waals surface area (Å²) in [6.07, 6.45) is 1.56. The molecule has 1 rings (SSSR count). The van der Waals surface area contributed by atoms with Crippen LogP contribution in [0.1, 0.15) is 5.56 Å². The minimum absolute atomic E-state index is 0.0667. The fourth-order valence-electron chi connectivity index (χ4n) is 1.31. The molecule has 98 valence electrons. The number of carbonyl (C=O) groups is 1. The monoisotopic (exact) mass is 252 g/mol. The van der Waals surface area contributed by atoms with Gasteiger partial charge < -0.3 is 19.3 Å². The summed E-state index contributed by atoms with van der Waals surface area (Å²) in [5.41, 5.74) is 0.970. The zero-order valence-corrected chi connectivity index (χ0v) is 10.4. The number of rotatable bonds is 7. The third-order valence-electron chi connectivity index (χ3n) is 2.14. The highest BCUT2D eigenvalue weighted by Crippen LogP contribution is 2.14. The molecule has 5 heteroatoms. The van der Waals surface area contributed by atoms with Gasteiger partial charge in [-0.15, -0.1) is 0 Å². The second-order valence-electron chi connectivity index (χ2n) is 3.53. The molecule has 0 heterocycles. The van der Waals surface area contributed by atoms with Gasteiger partial charge in [0.1, 0.15) is 5.75 Å². The number of carboxylic acid groups (broad SMARTS) is 1. The number of benzene rings is 1. The molecular formula is C13H16O5. The Labute approximate surface area is 106 Å². The lowest BCUT2D eigenvalue weighted by Gasteiger charge is -2.05. The summed E-state index contributed by atoms with van der Waals surface area (Å²) in [6, 6.07) is 7.03. The maximum atomic E-state index is 10.9. The Morgan fingerprint density at radius 1 is 1.22 bits per heavy atom. The lowest BCUT2D eigenvalue weighted by Crippen LogP contribution is -2.06. The molecule has 1 aromatic rings. The van der Waals surface area contributed by atoms with E-state index in [1.807, 2.05) is 0 Å². The lowest BCUT2D eigenvalue weighted by atomic mass is 10.1. The fraction of sp³-hybridized carbons (Fsp3) is 0.308. The SMILES string of the molecule is COCOc1ccc(/C=C(\COC)C(=O)O)cc1. The van der Waals surface area contributed by atoms with Gasteiger partial charge in [0.25, 0.3) is 0 Å². The van der Waals surface area contributed by atoms with Crippen molar-refractivity contribution in [1.29, 1.82) is 0 Å². The standard InChI is InChI=1S/C13H16O5/c1-16-8-11(13(14)15)7-10-3-5-12(6-4-10)18-9-17-2/h3-7H,8-9H2,1-2H3,(H,14,15)/b11-7+. The van der Waals surface area contributed by atoms with Crippen LogP contribution < -0.4 is 4.74 Å². The van der Waals surface area contributed by atoms with Crippen LogP contribution in [0.5, 0.6) is 5.75 Å². The Morgan fingerprint density at radius 2 is 1.89 bits per heavy atom. The molecule has 0 radical (unpaired) electrons. The summed E-state index contributed by atoms with van der Waals surface area (Å²) in [7, 11) is 3.00.